The molecule has 14 heteroatoms. The van der Waals surface area contributed by atoms with Gasteiger partial charge in [-0.2, -0.15) is 14.6 Å². The molecule has 0 aliphatic heterocycles. The monoisotopic (exact) mass is 685 g/mol. The normalized spacial score (nSPS) is 16.4. The molecule has 3 aromatic heterocycles. The van der Waals surface area contributed by atoms with Crippen LogP contribution in [0.3, 0.4) is 0 Å². The van der Waals surface area contributed by atoms with Crippen LogP contribution in [0.5, 0.6) is 0 Å². The summed E-state index contributed by atoms with van der Waals surface area (Å²) in [5, 5.41) is 14.7. The van der Waals surface area contributed by atoms with E-state index in [4.69, 9.17) is 4.74 Å². The first kappa shape index (κ1) is 35.2. The second-order valence-corrected chi connectivity index (χ2v) is 21.4. The lowest BCUT2D eigenvalue weighted by Crippen LogP contribution is -2.50. The molecule has 256 valence electrons. The van der Waals surface area contributed by atoms with Crippen LogP contribution >= 0.6 is 0 Å². The smallest absolute Gasteiger partial charge is 0.270 e. The van der Waals surface area contributed by atoms with E-state index >= 15 is 4.39 Å². The third-order valence-corrected chi connectivity index (χ3v) is 11.6. The molecule has 2 amide bonds. The van der Waals surface area contributed by atoms with Crippen molar-refractivity contribution in [1.82, 2.24) is 29.9 Å². The molecule has 5 rings (SSSR count). The predicted octanol–water partition coefficient (Wildman–Crippen LogP) is 5.15. The molecule has 0 radical (unpaired) electrons. The number of carbonyl (C=O) groups is 2. The van der Waals surface area contributed by atoms with E-state index in [0.29, 0.717) is 59.7 Å². The minimum atomic E-state index is -1.22. The summed E-state index contributed by atoms with van der Waals surface area (Å²) in [4.78, 5) is 31.5. The van der Waals surface area contributed by atoms with Gasteiger partial charge in [-0.05, 0) is 81.5 Å². The van der Waals surface area contributed by atoms with Crippen molar-refractivity contribution in [1.29, 1.82) is 0 Å². The van der Waals surface area contributed by atoms with Crippen molar-refractivity contribution in [3.63, 3.8) is 0 Å². The fourth-order valence-electron chi connectivity index (χ4n) is 6.20. The maximum absolute atomic E-state index is 15.6. The maximum atomic E-state index is 15.6. The molecule has 2 saturated carbocycles. The van der Waals surface area contributed by atoms with E-state index in [0.717, 1.165) is 37.4 Å². The molecule has 0 aromatic carbocycles. The third kappa shape index (κ3) is 9.30. The number of nitrogens with one attached hydrogen (secondary N) is 2. The van der Waals surface area contributed by atoms with Crippen molar-refractivity contribution in [2.75, 3.05) is 23.9 Å². The highest BCUT2D eigenvalue weighted by atomic mass is 32.2. The second kappa shape index (κ2) is 15.0. The number of ether oxygens (including phenoxy) is 1. The van der Waals surface area contributed by atoms with Crippen molar-refractivity contribution < 1.29 is 23.3 Å². The number of nitrogens with zero attached hydrogens (tertiary/aromatic N) is 5. The summed E-state index contributed by atoms with van der Waals surface area (Å²) in [5.74, 6) is -0.227. The largest absolute Gasteiger partial charge is 0.617 e. The van der Waals surface area contributed by atoms with Gasteiger partial charge < -0.3 is 19.9 Å². The Morgan fingerprint density at radius 2 is 1.83 bits per heavy atom. The summed E-state index contributed by atoms with van der Waals surface area (Å²) < 4.78 is 36.3. The molecule has 3 aromatic rings. The van der Waals surface area contributed by atoms with Crippen LogP contribution in [0.15, 0.2) is 24.4 Å². The Bertz CT molecular complexity index is 1550. The minimum absolute atomic E-state index is 0.00828. The lowest BCUT2D eigenvalue weighted by molar-refractivity contribution is -0.119. The maximum Gasteiger partial charge on any atom is 0.270 e. The van der Waals surface area contributed by atoms with Crippen LogP contribution in [-0.2, 0) is 34.0 Å². The molecular formula is C33H48FN7O4SSi. The van der Waals surface area contributed by atoms with Gasteiger partial charge in [0.05, 0.1) is 11.9 Å². The highest BCUT2D eigenvalue weighted by molar-refractivity contribution is 7.90. The number of aromatic nitrogens is 5. The minimum Gasteiger partial charge on any atom is -0.617 e. The fraction of sp³-hybridized carbons (Fsp3) is 0.606. The summed E-state index contributed by atoms with van der Waals surface area (Å²) >= 11 is -0.938. The van der Waals surface area contributed by atoms with Gasteiger partial charge in [-0.3, -0.25) is 14.3 Å². The number of hydrogen-bond acceptors (Lipinski definition) is 7. The number of amides is 2. The average molecular weight is 686 g/mol. The summed E-state index contributed by atoms with van der Waals surface area (Å²) in [5.41, 5.74) is 2.72. The molecule has 3 heterocycles. The Kier molecular flexibility index (Phi) is 11.2. The topological polar surface area (TPSA) is 139 Å². The summed E-state index contributed by atoms with van der Waals surface area (Å²) in [6.07, 6.45) is 7.88. The highest BCUT2D eigenvalue weighted by Crippen LogP contribution is 2.51. The van der Waals surface area contributed by atoms with Crippen molar-refractivity contribution >= 4 is 36.9 Å². The molecule has 11 nitrogen and oxygen atoms in total. The van der Waals surface area contributed by atoms with Gasteiger partial charge in [0.15, 0.2) is 0 Å². The van der Waals surface area contributed by atoms with Crippen LogP contribution in [-0.4, -0.2) is 73.6 Å². The van der Waals surface area contributed by atoms with Crippen LogP contribution in [0.2, 0.25) is 25.7 Å². The molecule has 2 aliphatic rings. The van der Waals surface area contributed by atoms with E-state index in [2.05, 4.69) is 45.5 Å². The highest BCUT2D eigenvalue weighted by Gasteiger charge is 2.48. The van der Waals surface area contributed by atoms with E-state index in [-0.39, 0.29) is 18.5 Å². The fourth-order valence-corrected chi connectivity index (χ4v) is 7.49. The van der Waals surface area contributed by atoms with Crippen molar-refractivity contribution in [3.8, 4) is 11.1 Å². The lowest BCUT2D eigenvalue weighted by atomic mass is 9.88. The molecule has 2 fully saturated rings. The molecule has 0 saturated heterocycles. The van der Waals surface area contributed by atoms with E-state index in [1.54, 1.807) is 40.0 Å². The average Bonchev–Trinajstić information content (AvgIpc) is 3.93. The number of aryl methyl sites for hydroxylation is 2. The molecule has 2 N–H and O–H groups in total. The summed E-state index contributed by atoms with van der Waals surface area (Å²) in [6.45, 7) is 12.0. The number of pyridine rings is 1. The molecule has 47 heavy (non-hydrogen) atoms. The van der Waals surface area contributed by atoms with Gasteiger partial charge in [0.2, 0.25) is 11.9 Å². The molecule has 0 bridgehead atoms. The first-order valence-corrected chi connectivity index (χ1v) is 22.0. The Hall–Kier alpha value is -3.07. The Morgan fingerprint density at radius 1 is 1.13 bits per heavy atom. The van der Waals surface area contributed by atoms with Crippen molar-refractivity contribution in [3.05, 3.63) is 47.4 Å². The first-order chi connectivity index (χ1) is 22.3. The van der Waals surface area contributed by atoms with Gasteiger partial charge in [-0.15, -0.1) is 0 Å². The SMILES string of the molecule is Cc1nn(COCC[Si](C)(C)C)c(C)c1-c1ccc(NC(=O)[C@@H](NC(=O)c2ccnn2CCC[S+](C)[O-])C(C2CC2)C2CC2)nc1F. The van der Waals surface area contributed by atoms with E-state index in [9.17, 15) is 14.1 Å². The third-order valence-electron chi connectivity index (χ3n) is 9.00. The van der Waals surface area contributed by atoms with E-state index in [1.807, 2.05) is 13.8 Å². The molecule has 1 unspecified atom stereocenters. The molecule has 2 atom stereocenters. The van der Waals surface area contributed by atoms with Gasteiger partial charge >= 0.3 is 0 Å². The molecular weight excluding hydrogens is 638 g/mol. The second-order valence-electron chi connectivity index (χ2n) is 14.2. The number of anilines is 1. The van der Waals surface area contributed by atoms with Crippen LogP contribution in [0, 0.1) is 37.5 Å². The zero-order chi connectivity index (χ0) is 33.9. The zero-order valence-corrected chi connectivity index (χ0v) is 30.2. The predicted molar refractivity (Wildman–Crippen MR) is 184 cm³/mol. The van der Waals surface area contributed by atoms with Gasteiger partial charge in [0, 0.05) is 50.7 Å². The Balaban J connectivity index is 1.30. The zero-order valence-electron chi connectivity index (χ0n) is 28.3. The van der Waals surface area contributed by atoms with Crippen molar-refractivity contribution in [2.45, 2.75) is 91.0 Å². The van der Waals surface area contributed by atoms with Gasteiger partial charge in [0.25, 0.3) is 5.91 Å². The van der Waals surface area contributed by atoms with Gasteiger partial charge in [-0.25, -0.2) is 9.67 Å². The first-order valence-electron chi connectivity index (χ1n) is 16.5. The standard InChI is InChI=1S/C33H48FN7O4SSi/c1-21-28(22(2)41(39-21)20-45-17-19-47(4,5)6)25-12-13-27(36-31(25)34)37-33(43)30(29(23-8-9-23)24-10-11-24)38-32(42)26-14-15-35-40(26)16-7-18-46(3)44/h12-15,23-24,29-30H,7-11,16-20H2,1-6H3,(H,38,42)(H,36,37,43)/t30-,46?/m0/s1. The number of halogens is 1. The summed E-state index contributed by atoms with van der Waals surface area (Å²) in [6, 6.07) is 5.07. The van der Waals surface area contributed by atoms with Gasteiger partial charge in [0.1, 0.15) is 30.0 Å². The molecule has 0 spiro atoms. The van der Waals surface area contributed by atoms with Crippen LogP contribution in [0.1, 0.15) is 54.0 Å². The van der Waals surface area contributed by atoms with E-state index in [1.165, 1.54) is 0 Å². The number of carbonyl (C=O) groups excluding carboxylic acids is 2. The van der Waals surface area contributed by atoms with Crippen LogP contribution < -0.4 is 10.6 Å². The Labute approximate surface area is 280 Å². The Morgan fingerprint density at radius 3 is 2.45 bits per heavy atom. The van der Waals surface area contributed by atoms with Gasteiger partial charge in [-0.1, -0.05) is 30.8 Å². The molecule has 2 aliphatic carbocycles. The number of rotatable bonds is 17. The van der Waals surface area contributed by atoms with Crippen LogP contribution in [0.25, 0.3) is 11.1 Å². The van der Waals surface area contributed by atoms with E-state index < -0.39 is 43.1 Å². The quantitative estimate of drug-likeness (QED) is 0.0867. The number of hydrogen-bond donors (Lipinski definition) is 2. The summed E-state index contributed by atoms with van der Waals surface area (Å²) in [7, 11) is -1.22. The van der Waals surface area contributed by atoms with Crippen molar-refractivity contribution in [2.24, 2.45) is 17.8 Å². The lowest BCUT2D eigenvalue weighted by Gasteiger charge is -2.27. The van der Waals surface area contributed by atoms with Crippen LogP contribution in [0.4, 0.5) is 10.2 Å².